The summed E-state index contributed by atoms with van der Waals surface area (Å²) in [6, 6.07) is 11.1. The van der Waals surface area contributed by atoms with Crippen LogP contribution in [-0.4, -0.2) is 5.84 Å². The Hall–Kier alpha value is -2.36. The molecule has 2 rings (SSSR count). The van der Waals surface area contributed by atoms with Crippen LogP contribution in [-0.2, 0) is 0 Å². The third kappa shape index (κ3) is 2.66. The molecule has 0 aliphatic rings. The Morgan fingerprint density at radius 1 is 1.17 bits per heavy atom. The summed E-state index contributed by atoms with van der Waals surface area (Å²) < 4.78 is 18.4. The van der Waals surface area contributed by atoms with Crippen LogP contribution in [0.2, 0.25) is 0 Å². The Bertz CT molecular complexity index is 579. The second-order valence-corrected chi connectivity index (χ2v) is 3.97. The van der Waals surface area contributed by atoms with Crippen molar-refractivity contribution in [3.63, 3.8) is 0 Å². The van der Waals surface area contributed by atoms with Crippen LogP contribution in [0.15, 0.2) is 42.5 Å². The van der Waals surface area contributed by atoms with Crippen LogP contribution in [0.25, 0.3) is 0 Å². The zero-order chi connectivity index (χ0) is 13.1. The van der Waals surface area contributed by atoms with Crippen molar-refractivity contribution in [3.05, 3.63) is 59.4 Å². The van der Waals surface area contributed by atoms with Crippen molar-refractivity contribution in [2.75, 3.05) is 0 Å². The van der Waals surface area contributed by atoms with Gasteiger partial charge in [0.05, 0.1) is 5.56 Å². The molecule has 0 radical (unpaired) electrons. The van der Waals surface area contributed by atoms with Gasteiger partial charge in [-0.05, 0) is 43.3 Å². The number of nitrogen functional groups attached to an aromatic ring is 1. The second-order valence-electron chi connectivity index (χ2n) is 3.97. The quantitative estimate of drug-likeness (QED) is 0.643. The fourth-order valence-corrected chi connectivity index (χ4v) is 1.57. The van der Waals surface area contributed by atoms with Gasteiger partial charge in [-0.1, -0.05) is 11.6 Å². The van der Waals surface area contributed by atoms with Crippen LogP contribution in [0.3, 0.4) is 0 Å². The first-order chi connectivity index (χ1) is 8.56. The van der Waals surface area contributed by atoms with Gasteiger partial charge in [0, 0.05) is 0 Å². The fraction of sp³-hybridized carbons (Fsp3) is 0.0714. The lowest BCUT2D eigenvalue weighted by Crippen LogP contribution is -2.12. The van der Waals surface area contributed by atoms with Gasteiger partial charge in [0.15, 0.2) is 0 Å². The fourth-order valence-electron chi connectivity index (χ4n) is 1.57. The molecule has 0 fully saturated rings. The Morgan fingerprint density at radius 2 is 1.83 bits per heavy atom. The van der Waals surface area contributed by atoms with Crippen molar-refractivity contribution < 1.29 is 9.13 Å². The van der Waals surface area contributed by atoms with Crippen LogP contribution in [0.1, 0.15) is 11.1 Å². The summed E-state index contributed by atoms with van der Waals surface area (Å²) in [5, 5.41) is 7.51. The minimum Gasteiger partial charge on any atom is -0.457 e. The Kier molecular flexibility index (Phi) is 3.28. The number of halogens is 1. The Morgan fingerprint density at radius 3 is 2.44 bits per heavy atom. The van der Waals surface area contributed by atoms with Crippen LogP contribution in [0, 0.1) is 18.2 Å². The molecule has 0 aromatic heterocycles. The lowest BCUT2D eigenvalue weighted by atomic mass is 10.1. The van der Waals surface area contributed by atoms with Crippen molar-refractivity contribution >= 4 is 5.84 Å². The predicted molar refractivity (Wildman–Crippen MR) is 68.7 cm³/mol. The van der Waals surface area contributed by atoms with E-state index >= 15 is 0 Å². The highest BCUT2D eigenvalue weighted by Gasteiger charge is 2.08. The van der Waals surface area contributed by atoms with E-state index in [1.807, 2.05) is 13.0 Å². The molecule has 2 aromatic carbocycles. The van der Waals surface area contributed by atoms with Gasteiger partial charge in [-0.2, -0.15) is 0 Å². The molecule has 3 N–H and O–H groups in total. The number of amidine groups is 1. The highest BCUT2D eigenvalue weighted by atomic mass is 19.1. The van der Waals surface area contributed by atoms with Crippen LogP contribution >= 0.6 is 0 Å². The van der Waals surface area contributed by atoms with Gasteiger partial charge in [-0.25, -0.2) is 4.39 Å². The molecular formula is C14H13FN2O. The van der Waals surface area contributed by atoms with Gasteiger partial charge in [-0.15, -0.1) is 0 Å². The molecule has 0 aliphatic heterocycles. The summed E-state index contributed by atoms with van der Waals surface area (Å²) in [5.74, 6) is 0.608. The van der Waals surface area contributed by atoms with E-state index in [9.17, 15) is 4.39 Å². The van der Waals surface area contributed by atoms with E-state index in [1.165, 1.54) is 24.3 Å². The summed E-state index contributed by atoms with van der Waals surface area (Å²) in [6.45, 7) is 1.91. The maximum absolute atomic E-state index is 12.8. The van der Waals surface area contributed by atoms with Gasteiger partial charge in [0.2, 0.25) is 0 Å². The molecule has 2 aromatic rings. The first-order valence-electron chi connectivity index (χ1n) is 5.45. The maximum Gasteiger partial charge on any atom is 0.138 e. The lowest BCUT2D eigenvalue weighted by Gasteiger charge is -2.11. The summed E-state index contributed by atoms with van der Waals surface area (Å²) in [4.78, 5) is 0. The van der Waals surface area contributed by atoms with E-state index in [4.69, 9.17) is 15.9 Å². The highest BCUT2D eigenvalue weighted by molar-refractivity contribution is 5.97. The van der Waals surface area contributed by atoms with Crippen LogP contribution < -0.4 is 10.5 Å². The molecule has 0 amide bonds. The van der Waals surface area contributed by atoms with Crippen molar-refractivity contribution in [3.8, 4) is 11.5 Å². The number of benzene rings is 2. The average molecular weight is 244 g/mol. The summed E-state index contributed by atoms with van der Waals surface area (Å²) in [6.07, 6.45) is 0. The Labute approximate surface area is 105 Å². The zero-order valence-corrected chi connectivity index (χ0v) is 9.91. The normalized spacial score (nSPS) is 10.1. The number of nitrogens with two attached hydrogens (primary N) is 1. The minimum absolute atomic E-state index is 0.0594. The number of hydrogen-bond acceptors (Lipinski definition) is 2. The number of ether oxygens (including phenoxy) is 1. The summed E-state index contributed by atoms with van der Waals surface area (Å²) in [5.41, 5.74) is 7.02. The monoisotopic (exact) mass is 244 g/mol. The largest absolute Gasteiger partial charge is 0.457 e. The average Bonchev–Trinajstić information content (AvgIpc) is 2.34. The topological polar surface area (TPSA) is 59.1 Å². The van der Waals surface area contributed by atoms with Crippen LogP contribution in [0.4, 0.5) is 4.39 Å². The third-order valence-electron chi connectivity index (χ3n) is 2.47. The molecule has 0 unspecified atom stereocenters. The number of hydrogen-bond donors (Lipinski definition) is 2. The van der Waals surface area contributed by atoms with Crippen molar-refractivity contribution in [1.82, 2.24) is 0 Å². The molecule has 92 valence electrons. The Balaban J connectivity index is 2.34. The number of rotatable bonds is 3. The first kappa shape index (κ1) is 12.1. The van der Waals surface area contributed by atoms with Crippen LogP contribution in [0.5, 0.6) is 11.5 Å². The standard InChI is InChI=1S/C14H13FN2O/c1-9-2-7-13(12(8-9)14(16)17)18-11-5-3-10(15)4-6-11/h2-8H,1H3,(H3,16,17). The van der Waals surface area contributed by atoms with E-state index in [-0.39, 0.29) is 11.7 Å². The van der Waals surface area contributed by atoms with Gasteiger partial charge in [-0.3, -0.25) is 5.41 Å². The van der Waals surface area contributed by atoms with Crippen molar-refractivity contribution in [2.45, 2.75) is 6.92 Å². The number of aryl methyl sites for hydroxylation is 1. The first-order valence-corrected chi connectivity index (χ1v) is 5.45. The molecule has 3 nitrogen and oxygen atoms in total. The van der Waals surface area contributed by atoms with Gasteiger partial charge >= 0.3 is 0 Å². The molecule has 4 heteroatoms. The molecule has 0 aliphatic carbocycles. The molecule has 0 bridgehead atoms. The van der Waals surface area contributed by atoms with Gasteiger partial charge in [0.25, 0.3) is 0 Å². The maximum atomic E-state index is 12.8. The summed E-state index contributed by atoms with van der Waals surface area (Å²) >= 11 is 0. The zero-order valence-electron chi connectivity index (χ0n) is 9.91. The minimum atomic E-state index is -0.321. The van der Waals surface area contributed by atoms with Crippen molar-refractivity contribution in [2.24, 2.45) is 5.73 Å². The smallest absolute Gasteiger partial charge is 0.138 e. The molecule has 0 atom stereocenters. The van der Waals surface area contributed by atoms with Crippen molar-refractivity contribution in [1.29, 1.82) is 5.41 Å². The molecule has 0 saturated carbocycles. The molecule has 0 spiro atoms. The predicted octanol–water partition coefficient (Wildman–Crippen LogP) is 3.21. The molecule has 18 heavy (non-hydrogen) atoms. The van der Waals surface area contributed by atoms with Gasteiger partial charge < -0.3 is 10.5 Å². The molecule has 0 heterocycles. The third-order valence-corrected chi connectivity index (χ3v) is 2.47. The van der Waals surface area contributed by atoms with Gasteiger partial charge in [0.1, 0.15) is 23.2 Å². The van der Waals surface area contributed by atoms with E-state index in [1.54, 1.807) is 12.1 Å². The van der Waals surface area contributed by atoms with E-state index < -0.39 is 0 Å². The van der Waals surface area contributed by atoms with E-state index in [2.05, 4.69) is 0 Å². The lowest BCUT2D eigenvalue weighted by molar-refractivity contribution is 0.479. The number of nitrogens with one attached hydrogen (secondary N) is 1. The van der Waals surface area contributed by atoms with E-state index in [0.29, 0.717) is 17.1 Å². The molecule has 0 saturated heterocycles. The molecular weight excluding hydrogens is 231 g/mol. The SMILES string of the molecule is Cc1ccc(Oc2ccc(F)cc2)c(C(=N)N)c1. The summed E-state index contributed by atoms with van der Waals surface area (Å²) in [7, 11) is 0. The highest BCUT2D eigenvalue weighted by Crippen LogP contribution is 2.26. The second kappa shape index (κ2) is 4.87. The van der Waals surface area contributed by atoms with E-state index in [0.717, 1.165) is 5.56 Å².